The third kappa shape index (κ3) is 2.35. The molecule has 1 saturated heterocycles. The van der Waals surface area contributed by atoms with Gasteiger partial charge in [-0.25, -0.2) is 4.98 Å². The molecule has 1 aliphatic rings. The number of piperazine rings is 1. The van der Waals surface area contributed by atoms with Crippen LogP contribution >= 0.6 is 15.9 Å². The summed E-state index contributed by atoms with van der Waals surface area (Å²) in [5.74, 6) is 1.09. The maximum atomic E-state index is 4.76. The van der Waals surface area contributed by atoms with Crippen LogP contribution in [0.2, 0.25) is 0 Å². The summed E-state index contributed by atoms with van der Waals surface area (Å²) in [5.41, 5.74) is 1.06. The molecule has 2 aromatic rings. The molecule has 0 bridgehead atoms. The first kappa shape index (κ1) is 11.9. The third-order valence-electron chi connectivity index (χ3n) is 3.47. The van der Waals surface area contributed by atoms with E-state index in [0.717, 1.165) is 42.0 Å². The zero-order valence-corrected chi connectivity index (χ0v) is 12.0. The lowest BCUT2D eigenvalue weighted by Crippen LogP contribution is -2.44. The molecule has 3 nitrogen and oxygen atoms in total. The molecule has 4 heteroatoms. The highest BCUT2D eigenvalue weighted by molar-refractivity contribution is 9.10. The van der Waals surface area contributed by atoms with Gasteiger partial charge in [-0.2, -0.15) is 0 Å². The Hall–Kier alpha value is -1.13. The number of rotatable bonds is 1. The number of aromatic nitrogens is 1. The Labute approximate surface area is 116 Å². The van der Waals surface area contributed by atoms with Crippen LogP contribution < -0.4 is 4.90 Å². The highest BCUT2D eigenvalue weighted by Gasteiger charge is 2.15. The van der Waals surface area contributed by atoms with Gasteiger partial charge in [-0.1, -0.05) is 22.0 Å². The van der Waals surface area contributed by atoms with Crippen molar-refractivity contribution in [1.82, 2.24) is 9.88 Å². The van der Waals surface area contributed by atoms with Gasteiger partial charge in [0.25, 0.3) is 0 Å². The standard InChI is InChI=1S/C14H16BrN3/c1-17-6-8-18(9-7-17)14-5-3-11-2-4-12(15)10-13(11)16-14/h2-5,10H,6-9H2,1H3. The minimum atomic E-state index is 1.06. The molecule has 0 amide bonds. The fourth-order valence-corrected chi connectivity index (χ4v) is 2.64. The quantitative estimate of drug-likeness (QED) is 0.807. The molecule has 1 aromatic heterocycles. The van der Waals surface area contributed by atoms with E-state index in [0.29, 0.717) is 0 Å². The van der Waals surface area contributed by atoms with Crippen molar-refractivity contribution < 1.29 is 0 Å². The maximum absolute atomic E-state index is 4.76. The van der Waals surface area contributed by atoms with Crippen LogP contribution in [0.25, 0.3) is 10.9 Å². The van der Waals surface area contributed by atoms with Crippen molar-refractivity contribution in [2.45, 2.75) is 0 Å². The fourth-order valence-electron chi connectivity index (χ4n) is 2.29. The van der Waals surface area contributed by atoms with Gasteiger partial charge in [-0.15, -0.1) is 0 Å². The average molecular weight is 306 g/mol. The van der Waals surface area contributed by atoms with Gasteiger partial charge in [0.1, 0.15) is 5.82 Å². The van der Waals surface area contributed by atoms with Crippen LogP contribution in [-0.2, 0) is 0 Å². The van der Waals surface area contributed by atoms with Crippen LogP contribution in [-0.4, -0.2) is 43.1 Å². The SMILES string of the molecule is CN1CCN(c2ccc3ccc(Br)cc3n2)CC1. The number of hydrogen-bond acceptors (Lipinski definition) is 3. The number of anilines is 1. The van der Waals surface area contributed by atoms with Gasteiger partial charge >= 0.3 is 0 Å². The van der Waals surface area contributed by atoms with E-state index in [-0.39, 0.29) is 0 Å². The zero-order chi connectivity index (χ0) is 12.5. The monoisotopic (exact) mass is 305 g/mol. The lowest BCUT2D eigenvalue weighted by Gasteiger charge is -2.33. The fraction of sp³-hybridized carbons (Fsp3) is 0.357. The Morgan fingerprint density at radius 2 is 1.78 bits per heavy atom. The number of nitrogens with zero attached hydrogens (tertiary/aromatic N) is 3. The molecule has 0 atom stereocenters. The molecule has 2 heterocycles. The lowest BCUT2D eigenvalue weighted by molar-refractivity contribution is 0.312. The highest BCUT2D eigenvalue weighted by Crippen LogP contribution is 2.22. The number of likely N-dealkylation sites (N-methyl/N-ethyl adjacent to an activating group) is 1. The molecule has 0 spiro atoms. The van der Waals surface area contributed by atoms with Crippen molar-refractivity contribution in [2.75, 3.05) is 38.1 Å². The summed E-state index contributed by atoms with van der Waals surface area (Å²) in [6, 6.07) is 10.5. The summed E-state index contributed by atoms with van der Waals surface area (Å²) >= 11 is 3.50. The molecular formula is C14H16BrN3. The first-order chi connectivity index (χ1) is 8.72. The van der Waals surface area contributed by atoms with Crippen molar-refractivity contribution in [3.63, 3.8) is 0 Å². The van der Waals surface area contributed by atoms with Gasteiger partial charge in [-0.3, -0.25) is 0 Å². The molecule has 18 heavy (non-hydrogen) atoms. The molecule has 0 aliphatic carbocycles. The number of pyridine rings is 1. The number of hydrogen-bond donors (Lipinski definition) is 0. The summed E-state index contributed by atoms with van der Waals surface area (Å²) in [6.45, 7) is 4.34. The Kier molecular flexibility index (Phi) is 3.22. The van der Waals surface area contributed by atoms with E-state index in [2.05, 4.69) is 63.1 Å². The van der Waals surface area contributed by atoms with Gasteiger partial charge in [0.2, 0.25) is 0 Å². The number of benzene rings is 1. The molecule has 1 aliphatic heterocycles. The summed E-state index contributed by atoms with van der Waals surface area (Å²) in [4.78, 5) is 9.48. The molecular weight excluding hydrogens is 290 g/mol. The summed E-state index contributed by atoms with van der Waals surface area (Å²) in [6.07, 6.45) is 0. The van der Waals surface area contributed by atoms with E-state index in [9.17, 15) is 0 Å². The molecule has 1 fully saturated rings. The first-order valence-corrected chi connectivity index (χ1v) is 7.01. The maximum Gasteiger partial charge on any atom is 0.129 e. The van der Waals surface area contributed by atoms with Gasteiger partial charge < -0.3 is 9.80 Å². The molecule has 94 valence electrons. The van der Waals surface area contributed by atoms with E-state index < -0.39 is 0 Å². The Balaban J connectivity index is 1.92. The largest absolute Gasteiger partial charge is 0.354 e. The Morgan fingerprint density at radius 3 is 2.56 bits per heavy atom. The van der Waals surface area contributed by atoms with Crippen molar-refractivity contribution in [3.8, 4) is 0 Å². The second-order valence-electron chi connectivity index (χ2n) is 4.80. The second-order valence-corrected chi connectivity index (χ2v) is 5.71. The molecule has 0 N–H and O–H groups in total. The van der Waals surface area contributed by atoms with Crippen LogP contribution in [0.15, 0.2) is 34.8 Å². The van der Waals surface area contributed by atoms with Crippen LogP contribution in [0, 0.1) is 0 Å². The van der Waals surface area contributed by atoms with Gasteiger partial charge in [0.15, 0.2) is 0 Å². The average Bonchev–Trinajstić information content (AvgIpc) is 2.38. The van der Waals surface area contributed by atoms with Gasteiger partial charge in [0.05, 0.1) is 5.52 Å². The highest BCUT2D eigenvalue weighted by atomic mass is 79.9. The molecule has 0 unspecified atom stereocenters. The smallest absolute Gasteiger partial charge is 0.129 e. The first-order valence-electron chi connectivity index (χ1n) is 6.22. The molecule has 3 rings (SSSR count). The normalized spacial score (nSPS) is 17.3. The minimum Gasteiger partial charge on any atom is -0.354 e. The van der Waals surface area contributed by atoms with Gasteiger partial charge in [0, 0.05) is 36.0 Å². The van der Waals surface area contributed by atoms with Crippen LogP contribution in [0.4, 0.5) is 5.82 Å². The summed E-state index contributed by atoms with van der Waals surface area (Å²) in [5, 5.41) is 1.19. The predicted molar refractivity (Wildman–Crippen MR) is 79.2 cm³/mol. The van der Waals surface area contributed by atoms with E-state index in [1.54, 1.807) is 0 Å². The topological polar surface area (TPSA) is 19.4 Å². The summed E-state index contributed by atoms with van der Waals surface area (Å²) in [7, 11) is 2.17. The Bertz CT molecular complexity index is 562. The van der Waals surface area contributed by atoms with Gasteiger partial charge in [-0.05, 0) is 31.3 Å². The minimum absolute atomic E-state index is 1.06. The lowest BCUT2D eigenvalue weighted by atomic mass is 10.2. The van der Waals surface area contributed by atoms with Crippen molar-refractivity contribution >= 4 is 32.7 Å². The molecule has 0 saturated carbocycles. The predicted octanol–water partition coefficient (Wildman–Crippen LogP) is 2.75. The second kappa shape index (κ2) is 4.86. The van der Waals surface area contributed by atoms with Crippen molar-refractivity contribution in [2.24, 2.45) is 0 Å². The number of halogens is 1. The van der Waals surface area contributed by atoms with Crippen LogP contribution in [0.5, 0.6) is 0 Å². The third-order valence-corrected chi connectivity index (χ3v) is 3.96. The Morgan fingerprint density at radius 1 is 1.06 bits per heavy atom. The van der Waals surface area contributed by atoms with Crippen molar-refractivity contribution in [3.05, 3.63) is 34.8 Å². The van der Waals surface area contributed by atoms with E-state index in [1.165, 1.54) is 5.39 Å². The van der Waals surface area contributed by atoms with E-state index in [4.69, 9.17) is 4.98 Å². The van der Waals surface area contributed by atoms with Crippen molar-refractivity contribution in [1.29, 1.82) is 0 Å². The number of fused-ring (bicyclic) bond motifs is 1. The van der Waals surface area contributed by atoms with E-state index >= 15 is 0 Å². The van der Waals surface area contributed by atoms with Crippen LogP contribution in [0.3, 0.4) is 0 Å². The van der Waals surface area contributed by atoms with Crippen LogP contribution in [0.1, 0.15) is 0 Å². The molecule has 1 aromatic carbocycles. The zero-order valence-electron chi connectivity index (χ0n) is 10.4. The summed E-state index contributed by atoms with van der Waals surface area (Å²) < 4.78 is 1.08. The van der Waals surface area contributed by atoms with E-state index in [1.807, 2.05) is 0 Å². The molecule has 0 radical (unpaired) electrons.